The summed E-state index contributed by atoms with van der Waals surface area (Å²) < 4.78 is 46.9. The predicted molar refractivity (Wildman–Crippen MR) is 90.2 cm³/mol. The molecule has 1 atom stereocenters. The molecule has 10 heteroatoms. The number of aryl methyl sites for hydroxylation is 1. The summed E-state index contributed by atoms with van der Waals surface area (Å²) in [7, 11) is 1.72. The highest BCUT2D eigenvalue weighted by atomic mass is 19.2. The molecule has 3 aromatic rings. The second kappa shape index (κ2) is 6.77. The summed E-state index contributed by atoms with van der Waals surface area (Å²) in [6.07, 6.45) is 1.89. The van der Waals surface area contributed by atoms with Crippen molar-refractivity contribution in [2.45, 2.75) is 32.4 Å². The van der Waals surface area contributed by atoms with Crippen molar-refractivity contribution >= 4 is 5.91 Å². The van der Waals surface area contributed by atoms with Crippen molar-refractivity contribution < 1.29 is 22.5 Å². The monoisotopic (exact) mass is 391 g/mol. The summed E-state index contributed by atoms with van der Waals surface area (Å²) in [6.45, 7) is 2.07. The van der Waals surface area contributed by atoms with E-state index in [0.29, 0.717) is 17.9 Å². The maximum atomic E-state index is 13.4. The Balaban J connectivity index is 1.58. The molecule has 0 spiro atoms. The topological polar surface area (TPSA) is 77.1 Å². The number of hydrogen-bond donors (Lipinski definition) is 0. The Hall–Kier alpha value is -3.17. The Labute approximate surface area is 157 Å². The lowest BCUT2D eigenvalue weighted by molar-refractivity contribution is -0.133. The first-order valence-corrected chi connectivity index (χ1v) is 8.60. The highest BCUT2D eigenvalue weighted by molar-refractivity contribution is 5.79. The molecule has 3 heterocycles. The van der Waals surface area contributed by atoms with Gasteiger partial charge in [-0.15, -0.1) is 5.10 Å². The van der Waals surface area contributed by atoms with Gasteiger partial charge in [0.15, 0.2) is 28.9 Å². The van der Waals surface area contributed by atoms with Gasteiger partial charge in [0.2, 0.25) is 5.91 Å². The van der Waals surface area contributed by atoms with Crippen LogP contribution in [0.3, 0.4) is 0 Å². The molecule has 0 saturated carbocycles. The molecule has 0 saturated heterocycles. The molecule has 0 bridgehead atoms. The van der Waals surface area contributed by atoms with Gasteiger partial charge in [0.25, 0.3) is 0 Å². The molecule has 28 heavy (non-hydrogen) atoms. The molecule has 1 aromatic carbocycles. The van der Waals surface area contributed by atoms with Gasteiger partial charge in [0, 0.05) is 25.1 Å². The molecule has 0 radical (unpaired) electrons. The van der Waals surface area contributed by atoms with Gasteiger partial charge in [-0.3, -0.25) is 9.48 Å². The summed E-state index contributed by atoms with van der Waals surface area (Å²) >= 11 is 0. The first-order valence-electron chi connectivity index (χ1n) is 8.60. The average molecular weight is 391 g/mol. The van der Waals surface area contributed by atoms with Crippen LogP contribution in [0.4, 0.5) is 13.2 Å². The van der Waals surface area contributed by atoms with Crippen LogP contribution < -0.4 is 0 Å². The van der Waals surface area contributed by atoms with Gasteiger partial charge in [-0.1, -0.05) is 10.4 Å². The van der Waals surface area contributed by atoms with Crippen LogP contribution in [0.15, 0.2) is 22.9 Å². The Bertz CT molecular complexity index is 1040. The molecular formula is C18H16F3N5O2. The molecule has 1 aliphatic heterocycles. The van der Waals surface area contributed by atoms with E-state index in [4.69, 9.17) is 4.52 Å². The van der Waals surface area contributed by atoms with E-state index in [-0.39, 0.29) is 30.5 Å². The second-order valence-corrected chi connectivity index (χ2v) is 6.84. The number of amides is 1. The van der Waals surface area contributed by atoms with Gasteiger partial charge in [-0.2, -0.15) is 0 Å². The molecule has 7 nitrogen and oxygen atoms in total. The number of fused-ring (bicyclic) bond motifs is 1. The number of nitrogens with zero attached hydrogens (tertiary/aromatic N) is 5. The van der Waals surface area contributed by atoms with Gasteiger partial charge in [-0.25, -0.2) is 13.2 Å². The van der Waals surface area contributed by atoms with Crippen LogP contribution in [0.5, 0.6) is 0 Å². The average Bonchev–Trinajstić information content (AvgIpc) is 3.24. The Morgan fingerprint density at radius 3 is 2.64 bits per heavy atom. The number of benzene rings is 1. The van der Waals surface area contributed by atoms with Gasteiger partial charge in [0.1, 0.15) is 0 Å². The van der Waals surface area contributed by atoms with Crippen LogP contribution in [0.25, 0.3) is 11.5 Å². The van der Waals surface area contributed by atoms with E-state index in [1.54, 1.807) is 18.1 Å². The SMILES string of the molecule is C[C@H]1Cc2noc(-c3cn(C)nn3)c2CN1C(=O)Cc1cc(F)c(F)c(F)c1. The van der Waals surface area contributed by atoms with Gasteiger partial charge in [-0.05, 0) is 24.6 Å². The summed E-state index contributed by atoms with van der Waals surface area (Å²) in [5, 5.41) is 11.9. The summed E-state index contributed by atoms with van der Waals surface area (Å²) in [6, 6.07) is 1.48. The quantitative estimate of drug-likeness (QED) is 0.641. The van der Waals surface area contributed by atoms with Crippen molar-refractivity contribution in [1.29, 1.82) is 0 Å². The van der Waals surface area contributed by atoms with Crippen molar-refractivity contribution in [3.05, 3.63) is 52.6 Å². The van der Waals surface area contributed by atoms with E-state index in [9.17, 15) is 18.0 Å². The molecule has 0 fully saturated rings. The normalized spacial score (nSPS) is 16.3. The number of hydrogen-bond acceptors (Lipinski definition) is 5. The Kier molecular flexibility index (Phi) is 4.40. The smallest absolute Gasteiger partial charge is 0.227 e. The number of rotatable bonds is 3. The fourth-order valence-corrected chi connectivity index (χ4v) is 3.35. The molecule has 146 valence electrons. The Morgan fingerprint density at radius 1 is 1.29 bits per heavy atom. The fourth-order valence-electron chi connectivity index (χ4n) is 3.35. The van der Waals surface area contributed by atoms with Gasteiger partial charge < -0.3 is 9.42 Å². The molecule has 1 amide bonds. The van der Waals surface area contributed by atoms with Crippen molar-refractivity contribution in [3.8, 4) is 11.5 Å². The van der Waals surface area contributed by atoms with Crippen LogP contribution in [-0.2, 0) is 31.2 Å². The first kappa shape index (κ1) is 18.2. The zero-order chi connectivity index (χ0) is 20.0. The van der Waals surface area contributed by atoms with E-state index in [1.165, 1.54) is 4.68 Å². The van der Waals surface area contributed by atoms with Crippen LogP contribution in [0.1, 0.15) is 23.7 Å². The number of halogens is 3. The molecule has 2 aromatic heterocycles. The van der Waals surface area contributed by atoms with E-state index >= 15 is 0 Å². The standard InChI is InChI=1S/C18H16F3N5O2/c1-9-3-14-11(18(28-23-14)15-8-25(2)24-22-15)7-26(9)16(27)6-10-4-12(19)17(21)13(20)5-10/h4-5,8-9H,3,6-7H2,1-2H3/t9-/m0/s1. The molecule has 1 aliphatic rings. The molecule has 0 N–H and O–H groups in total. The zero-order valence-corrected chi connectivity index (χ0v) is 15.1. The summed E-state index contributed by atoms with van der Waals surface area (Å²) in [4.78, 5) is 14.4. The minimum absolute atomic E-state index is 0.0684. The number of carbonyl (C=O) groups excluding carboxylic acids is 1. The molecule has 0 unspecified atom stereocenters. The predicted octanol–water partition coefficient (Wildman–Crippen LogP) is 2.40. The van der Waals surface area contributed by atoms with Crippen molar-refractivity contribution in [2.24, 2.45) is 7.05 Å². The van der Waals surface area contributed by atoms with Crippen molar-refractivity contribution in [1.82, 2.24) is 25.1 Å². The molecular weight excluding hydrogens is 375 g/mol. The zero-order valence-electron chi connectivity index (χ0n) is 15.1. The van der Waals surface area contributed by atoms with Gasteiger partial charge >= 0.3 is 0 Å². The minimum Gasteiger partial charge on any atom is -0.354 e. The van der Waals surface area contributed by atoms with Crippen LogP contribution in [-0.4, -0.2) is 37.0 Å². The number of aromatic nitrogens is 4. The second-order valence-electron chi connectivity index (χ2n) is 6.84. The maximum Gasteiger partial charge on any atom is 0.227 e. The molecule has 0 aliphatic carbocycles. The fraction of sp³-hybridized carbons (Fsp3) is 0.333. The number of carbonyl (C=O) groups is 1. The van der Waals surface area contributed by atoms with Gasteiger partial charge in [0.05, 0.1) is 24.9 Å². The van der Waals surface area contributed by atoms with E-state index in [2.05, 4.69) is 15.5 Å². The lowest BCUT2D eigenvalue weighted by Crippen LogP contribution is -2.43. The van der Waals surface area contributed by atoms with E-state index < -0.39 is 17.5 Å². The highest BCUT2D eigenvalue weighted by Gasteiger charge is 2.33. The van der Waals surface area contributed by atoms with Crippen LogP contribution >= 0.6 is 0 Å². The Morgan fingerprint density at radius 2 is 2.00 bits per heavy atom. The van der Waals surface area contributed by atoms with Crippen molar-refractivity contribution in [3.63, 3.8) is 0 Å². The van der Waals surface area contributed by atoms with E-state index in [0.717, 1.165) is 23.4 Å². The largest absolute Gasteiger partial charge is 0.354 e. The van der Waals surface area contributed by atoms with Crippen LogP contribution in [0.2, 0.25) is 0 Å². The highest BCUT2D eigenvalue weighted by Crippen LogP contribution is 2.31. The molecule has 4 rings (SSSR count). The third kappa shape index (κ3) is 3.14. The lowest BCUT2D eigenvalue weighted by Gasteiger charge is -2.32. The third-order valence-corrected chi connectivity index (χ3v) is 4.77. The lowest BCUT2D eigenvalue weighted by atomic mass is 9.98. The first-order chi connectivity index (χ1) is 13.3. The van der Waals surface area contributed by atoms with Crippen molar-refractivity contribution in [2.75, 3.05) is 0 Å². The summed E-state index contributed by atoms with van der Waals surface area (Å²) in [5.41, 5.74) is 2.03. The van der Waals surface area contributed by atoms with Crippen LogP contribution in [0, 0.1) is 17.5 Å². The van der Waals surface area contributed by atoms with E-state index in [1.807, 2.05) is 6.92 Å². The minimum atomic E-state index is -1.55. The third-order valence-electron chi connectivity index (χ3n) is 4.77. The summed E-state index contributed by atoms with van der Waals surface area (Å²) in [5.74, 6) is -4.09. The maximum absolute atomic E-state index is 13.4.